The zero-order chi connectivity index (χ0) is 13.9. The number of carbonyl (C=O) groups excluding carboxylic acids is 1. The molecular weight excluding hydrogens is 254 g/mol. The lowest BCUT2D eigenvalue weighted by Gasteiger charge is -2.36. The maximum Gasteiger partial charge on any atom is 0.328 e. The van der Waals surface area contributed by atoms with E-state index in [4.69, 9.17) is 4.74 Å². The van der Waals surface area contributed by atoms with E-state index in [1.807, 2.05) is 0 Å². The SMILES string of the molecule is COC(=O)C1CCCCN1c1ncnc2c1CCCC2. The van der Waals surface area contributed by atoms with Gasteiger partial charge < -0.3 is 9.64 Å². The number of aromatic nitrogens is 2. The largest absolute Gasteiger partial charge is 0.467 e. The van der Waals surface area contributed by atoms with E-state index in [9.17, 15) is 4.79 Å². The van der Waals surface area contributed by atoms with Gasteiger partial charge in [-0.3, -0.25) is 0 Å². The summed E-state index contributed by atoms with van der Waals surface area (Å²) in [6.45, 7) is 0.878. The Morgan fingerprint density at radius 1 is 1.25 bits per heavy atom. The molecule has 1 unspecified atom stereocenters. The summed E-state index contributed by atoms with van der Waals surface area (Å²) >= 11 is 0. The summed E-state index contributed by atoms with van der Waals surface area (Å²) < 4.78 is 4.96. The Morgan fingerprint density at radius 2 is 2.10 bits per heavy atom. The first-order chi connectivity index (χ1) is 9.81. The molecule has 5 nitrogen and oxygen atoms in total. The average molecular weight is 275 g/mol. The number of ether oxygens (including phenoxy) is 1. The number of piperidine rings is 1. The van der Waals surface area contributed by atoms with Gasteiger partial charge >= 0.3 is 5.97 Å². The van der Waals surface area contributed by atoms with Gasteiger partial charge in [0.2, 0.25) is 0 Å². The number of carbonyl (C=O) groups is 1. The Bertz CT molecular complexity index is 504. The van der Waals surface area contributed by atoms with Crippen molar-refractivity contribution in [2.75, 3.05) is 18.6 Å². The average Bonchev–Trinajstić information content (AvgIpc) is 2.53. The van der Waals surface area contributed by atoms with Gasteiger partial charge in [0.1, 0.15) is 18.2 Å². The Balaban J connectivity index is 1.95. The molecule has 1 aromatic heterocycles. The number of rotatable bonds is 2. The molecule has 2 heterocycles. The van der Waals surface area contributed by atoms with E-state index in [1.165, 1.54) is 25.5 Å². The third-order valence-corrected chi connectivity index (χ3v) is 4.35. The first-order valence-corrected chi connectivity index (χ1v) is 7.48. The van der Waals surface area contributed by atoms with E-state index >= 15 is 0 Å². The van der Waals surface area contributed by atoms with Crippen LogP contribution >= 0.6 is 0 Å². The van der Waals surface area contributed by atoms with Crippen LogP contribution in [-0.2, 0) is 22.4 Å². The van der Waals surface area contributed by atoms with Gasteiger partial charge in [0.25, 0.3) is 0 Å². The van der Waals surface area contributed by atoms with E-state index < -0.39 is 0 Å². The van der Waals surface area contributed by atoms with Gasteiger partial charge in [0, 0.05) is 17.8 Å². The van der Waals surface area contributed by atoms with Crippen LogP contribution in [0.15, 0.2) is 6.33 Å². The summed E-state index contributed by atoms with van der Waals surface area (Å²) in [4.78, 5) is 23.1. The number of nitrogens with zero attached hydrogens (tertiary/aromatic N) is 3. The van der Waals surface area contributed by atoms with Gasteiger partial charge in [-0.05, 0) is 44.9 Å². The molecule has 1 aliphatic heterocycles. The van der Waals surface area contributed by atoms with Crippen molar-refractivity contribution in [3.63, 3.8) is 0 Å². The van der Waals surface area contributed by atoms with Gasteiger partial charge in [-0.25, -0.2) is 14.8 Å². The van der Waals surface area contributed by atoms with Gasteiger partial charge in [-0.15, -0.1) is 0 Å². The molecule has 0 amide bonds. The molecular formula is C15H21N3O2. The summed E-state index contributed by atoms with van der Waals surface area (Å²) in [5.41, 5.74) is 2.41. The van der Waals surface area contributed by atoms with E-state index in [0.717, 1.165) is 50.2 Å². The number of hydrogen-bond donors (Lipinski definition) is 0. The summed E-state index contributed by atoms with van der Waals surface area (Å²) in [5.74, 6) is 0.817. The molecule has 1 saturated heterocycles. The van der Waals surface area contributed by atoms with Crippen molar-refractivity contribution in [3.05, 3.63) is 17.6 Å². The lowest BCUT2D eigenvalue weighted by Crippen LogP contribution is -2.46. The second-order valence-corrected chi connectivity index (χ2v) is 5.56. The van der Waals surface area contributed by atoms with Gasteiger partial charge in [0.05, 0.1) is 7.11 Å². The van der Waals surface area contributed by atoms with E-state index in [2.05, 4.69) is 14.9 Å². The fraction of sp³-hybridized carbons (Fsp3) is 0.667. The van der Waals surface area contributed by atoms with Crippen LogP contribution in [-0.4, -0.2) is 35.6 Å². The van der Waals surface area contributed by atoms with E-state index in [1.54, 1.807) is 6.33 Å². The molecule has 1 fully saturated rings. The Morgan fingerprint density at radius 3 is 2.95 bits per heavy atom. The van der Waals surface area contributed by atoms with Crippen molar-refractivity contribution in [2.24, 2.45) is 0 Å². The highest BCUT2D eigenvalue weighted by atomic mass is 16.5. The molecule has 5 heteroatoms. The van der Waals surface area contributed by atoms with Gasteiger partial charge in [-0.2, -0.15) is 0 Å². The molecule has 0 N–H and O–H groups in total. The highest BCUT2D eigenvalue weighted by Gasteiger charge is 2.32. The van der Waals surface area contributed by atoms with Crippen LogP contribution in [0.2, 0.25) is 0 Å². The van der Waals surface area contributed by atoms with E-state index in [-0.39, 0.29) is 12.0 Å². The summed E-state index contributed by atoms with van der Waals surface area (Å²) in [6, 6.07) is -0.185. The molecule has 108 valence electrons. The molecule has 1 aliphatic carbocycles. The highest BCUT2D eigenvalue weighted by molar-refractivity contribution is 5.80. The molecule has 1 atom stereocenters. The topological polar surface area (TPSA) is 55.3 Å². The number of aryl methyl sites for hydroxylation is 1. The minimum atomic E-state index is -0.185. The molecule has 0 bridgehead atoms. The second-order valence-electron chi connectivity index (χ2n) is 5.56. The van der Waals surface area contributed by atoms with Crippen molar-refractivity contribution in [3.8, 4) is 0 Å². The van der Waals surface area contributed by atoms with Crippen molar-refractivity contribution < 1.29 is 9.53 Å². The van der Waals surface area contributed by atoms with Crippen LogP contribution in [0.4, 0.5) is 5.82 Å². The first-order valence-electron chi connectivity index (χ1n) is 7.48. The quantitative estimate of drug-likeness (QED) is 0.771. The third-order valence-electron chi connectivity index (χ3n) is 4.35. The van der Waals surface area contributed by atoms with Crippen molar-refractivity contribution in [1.29, 1.82) is 0 Å². The zero-order valence-electron chi connectivity index (χ0n) is 12.0. The maximum atomic E-state index is 12.0. The molecule has 0 radical (unpaired) electrons. The second kappa shape index (κ2) is 5.77. The maximum absolute atomic E-state index is 12.0. The fourth-order valence-electron chi connectivity index (χ4n) is 3.32. The summed E-state index contributed by atoms with van der Waals surface area (Å²) in [5, 5.41) is 0. The van der Waals surface area contributed by atoms with Crippen LogP contribution in [0, 0.1) is 0 Å². The summed E-state index contributed by atoms with van der Waals surface area (Å²) in [6.07, 6.45) is 9.11. The molecule has 3 rings (SSSR count). The molecule has 0 saturated carbocycles. The minimum absolute atomic E-state index is 0.145. The minimum Gasteiger partial charge on any atom is -0.467 e. The van der Waals surface area contributed by atoms with Crippen molar-refractivity contribution in [1.82, 2.24) is 9.97 Å². The number of esters is 1. The Hall–Kier alpha value is -1.65. The third kappa shape index (κ3) is 2.37. The number of methoxy groups -OCH3 is 1. The zero-order valence-corrected chi connectivity index (χ0v) is 12.0. The molecule has 0 spiro atoms. The highest BCUT2D eigenvalue weighted by Crippen LogP contribution is 2.31. The van der Waals surface area contributed by atoms with Gasteiger partial charge in [-0.1, -0.05) is 0 Å². The van der Waals surface area contributed by atoms with Crippen LogP contribution in [0.5, 0.6) is 0 Å². The summed E-state index contributed by atoms with van der Waals surface area (Å²) in [7, 11) is 1.46. The fourth-order valence-corrected chi connectivity index (χ4v) is 3.32. The molecule has 2 aliphatic rings. The Labute approximate surface area is 119 Å². The standard InChI is InChI=1S/C15H21N3O2/c1-20-15(19)13-8-4-5-9-18(13)14-11-6-2-3-7-12(11)16-10-17-14/h10,13H,2-9H2,1H3. The van der Waals surface area contributed by atoms with Crippen LogP contribution in [0.25, 0.3) is 0 Å². The normalized spacial score (nSPS) is 22.2. The van der Waals surface area contributed by atoms with Crippen LogP contribution in [0.3, 0.4) is 0 Å². The number of anilines is 1. The lowest BCUT2D eigenvalue weighted by atomic mass is 9.94. The molecule has 1 aromatic rings. The first kappa shape index (κ1) is 13.3. The molecule has 0 aromatic carbocycles. The van der Waals surface area contributed by atoms with Crippen LogP contribution in [0.1, 0.15) is 43.4 Å². The van der Waals surface area contributed by atoms with Crippen LogP contribution < -0.4 is 4.90 Å². The predicted molar refractivity (Wildman–Crippen MR) is 75.7 cm³/mol. The van der Waals surface area contributed by atoms with E-state index in [0.29, 0.717) is 0 Å². The predicted octanol–water partition coefficient (Wildman–Crippen LogP) is 1.89. The smallest absolute Gasteiger partial charge is 0.328 e. The lowest BCUT2D eigenvalue weighted by molar-refractivity contribution is -0.142. The van der Waals surface area contributed by atoms with Crippen molar-refractivity contribution in [2.45, 2.75) is 51.0 Å². The Kier molecular flexibility index (Phi) is 3.85. The molecule has 20 heavy (non-hydrogen) atoms. The van der Waals surface area contributed by atoms with Crippen molar-refractivity contribution >= 4 is 11.8 Å². The monoisotopic (exact) mass is 275 g/mol. The number of hydrogen-bond acceptors (Lipinski definition) is 5. The number of fused-ring (bicyclic) bond motifs is 1. The van der Waals surface area contributed by atoms with Gasteiger partial charge in [0.15, 0.2) is 0 Å².